The molecule has 2 aromatic carbocycles. The SMILES string of the molecule is C=C1CNc2cc3ccc(C(C)C)cc3cc21. The van der Waals surface area contributed by atoms with Gasteiger partial charge in [-0.2, -0.15) is 0 Å². The summed E-state index contributed by atoms with van der Waals surface area (Å²) in [6.45, 7) is 9.44. The summed E-state index contributed by atoms with van der Waals surface area (Å²) < 4.78 is 0. The molecule has 0 saturated carbocycles. The fourth-order valence-electron chi connectivity index (χ4n) is 2.41. The van der Waals surface area contributed by atoms with E-state index in [1.807, 2.05) is 0 Å². The maximum Gasteiger partial charge on any atom is 0.0426 e. The lowest BCUT2D eigenvalue weighted by Crippen LogP contribution is -1.90. The van der Waals surface area contributed by atoms with Crippen LogP contribution in [0.15, 0.2) is 36.9 Å². The van der Waals surface area contributed by atoms with Gasteiger partial charge in [0, 0.05) is 17.8 Å². The highest BCUT2D eigenvalue weighted by molar-refractivity contribution is 5.95. The Bertz CT molecular complexity index is 608. The highest BCUT2D eigenvalue weighted by atomic mass is 14.9. The molecule has 1 heteroatoms. The summed E-state index contributed by atoms with van der Waals surface area (Å²) in [4.78, 5) is 0. The number of benzene rings is 2. The minimum atomic E-state index is 0.578. The number of rotatable bonds is 1. The maximum atomic E-state index is 4.10. The first-order chi connectivity index (χ1) is 8.15. The second-order valence-corrected chi connectivity index (χ2v) is 5.12. The highest BCUT2D eigenvalue weighted by Crippen LogP contribution is 2.34. The van der Waals surface area contributed by atoms with Crippen LogP contribution in [0.25, 0.3) is 16.3 Å². The van der Waals surface area contributed by atoms with Crippen molar-refractivity contribution in [3.8, 4) is 0 Å². The Balaban J connectivity index is 2.24. The molecule has 1 nitrogen and oxygen atoms in total. The van der Waals surface area contributed by atoms with Gasteiger partial charge >= 0.3 is 0 Å². The van der Waals surface area contributed by atoms with Gasteiger partial charge in [0.15, 0.2) is 0 Å². The lowest BCUT2D eigenvalue weighted by Gasteiger charge is -2.08. The molecule has 0 fully saturated rings. The Hall–Kier alpha value is -1.76. The van der Waals surface area contributed by atoms with Crippen LogP contribution in [0.1, 0.15) is 30.9 Å². The molecule has 1 heterocycles. The van der Waals surface area contributed by atoms with Crippen LogP contribution in [-0.2, 0) is 0 Å². The first kappa shape index (κ1) is 10.4. The molecule has 0 saturated heterocycles. The Kier molecular flexibility index (Phi) is 2.22. The summed E-state index contributed by atoms with van der Waals surface area (Å²) in [7, 11) is 0. The normalized spacial score (nSPS) is 14.2. The van der Waals surface area contributed by atoms with Crippen molar-refractivity contribution in [1.82, 2.24) is 0 Å². The Labute approximate surface area is 102 Å². The number of fused-ring (bicyclic) bond motifs is 2. The third kappa shape index (κ3) is 1.62. The number of hydrogen-bond acceptors (Lipinski definition) is 1. The van der Waals surface area contributed by atoms with Crippen molar-refractivity contribution >= 4 is 22.0 Å². The fourth-order valence-corrected chi connectivity index (χ4v) is 2.41. The fraction of sp³-hybridized carbons (Fsp3) is 0.250. The second kappa shape index (κ2) is 3.63. The van der Waals surface area contributed by atoms with Crippen molar-refractivity contribution in [3.63, 3.8) is 0 Å². The minimum absolute atomic E-state index is 0.578. The van der Waals surface area contributed by atoms with Gasteiger partial charge in [-0.05, 0) is 40.0 Å². The van der Waals surface area contributed by atoms with Crippen LogP contribution < -0.4 is 5.32 Å². The first-order valence-electron chi connectivity index (χ1n) is 6.15. The van der Waals surface area contributed by atoms with Crippen molar-refractivity contribution in [2.24, 2.45) is 0 Å². The largest absolute Gasteiger partial charge is 0.380 e. The molecule has 1 aliphatic heterocycles. The van der Waals surface area contributed by atoms with Gasteiger partial charge in [0.05, 0.1) is 0 Å². The van der Waals surface area contributed by atoms with Crippen LogP contribution >= 0.6 is 0 Å². The average molecular weight is 223 g/mol. The molecule has 0 aliphatic carbocycles. The van der Waals surface area contributed by atoms with Gasteiger partial charge in [-0.15, -0.1) is 0 Å². The molecule has 0 bridgehead atoms. The van der Waals surface area contributed by atoms with Gasteiger partial charge in [-0.1, -0.05) is 38.6 Å². The Morgan fingerprint density at radius 1 is 1.12 bits per heavy atom. The van der Waals surface area contributed by atoms with E-state index in [9.17, 15) is 0 Å². The molecule has 0 amide bonds. The molecule has 1 aliphatic rings. The van der Waals surface area contributed by atoms with Gasteiger partial charge in [0.25, 0.3) is 0 Å². The van der Waals surface area contributed by atoms with E-state index in [-0.39, 0.29) is 0 Å². The van der Waals surface area contributed by atoms with Crippen LogP contribution in [0.5, 0.6) is 0 Å². The molecule has 1 N–H and O–H groups in total. The molecule has 86 valence electrons. The summed E-state index contributed by atoms with van der Waals surface area (Å²) in [5, 5.41) is 6.00. The van der Waals surface area contributed by atoms with Crippen LogP contribution in [0.2, 0.25) is 0 Å². The molecule has 0 radical (unpaired) electrons. The molecule has 2 aromatic rings. The van der Waals surface area contributed by atoms with Gasteiger partial charge < -0.3 is 5.32 Å². The molecule has 0 unspecified atom stereocenters. The molecular formula is C16H17N. The summed E-state index contributed by atoms with van der Waals surface area (Å²) in [5.74, 6) is 0.578. The molecule has 0 atom stereocenters. The number of nitrogens with one attached hydrogen (secondary N) is 1. The van der Waals surface area contributed by atoms with Crippen molar-refractivity contribution in [2.75, 3.05) is 11.9 Å². The van der Waals surface area contributed by atoms with Crippen LogP contribution in [0.4, 0.5) is 5.69 Å². The molecule has 17 heavy (non-hydrogen) atoms. The predicted molar refractivity (Wildman–Crippen MR) is 75.6 cm³/mol. The number of anilines is 1. The van der Waals surface area contributed by atoms with E-state index >= 15 is 0 Å². The van der Waals surface area contributed by atoms with E-state index < -0.39 is 0 Å². The summed E-state index contributed by atoms with van der Waals surface area (Å²) >= 11 is 0. The zero-order valence-electron chi connectivity index (χ0n) is 10.4. The van der Waals surface area contributed by atoms with Crippen molar-refractivity contribution < 1.29 is 0 Å². The molecule has 3 rings (SSSR count). The lowest BCUT2D eigenvalue weighted by molar-refractivity contribution is 0.869. The zero-order valence-corrected chi connectivity index (χ0v) is 10.4. The Morgan fingerprint density at radius 3 is 2.71 bits per heavy atom. The van der Waals surface area contributed by atoms with Crippen LogP contribution in [0, 0.1) is 0 Å². The monoisotopic (exact) mass is 223 g/mol. The van der Waals surface area contributed by atoms with Gasteiger partial charge in [-0.3, -0.25) is 0 Å². The van der Waals surface area contributed by atoms with E-state index in [4.69, 9.17) is 0 Å². The summed E-state index contributed by atoms with van der Waals surface area (Å²) in [6, 6.07) is 11.2. The predicted octanol–water partition coefficient (Wildman–Crippen LogP) is 4.40. The molecule has 0 aromatic heterocycles. The van der Waals surface area contributed by atoms with E-state index in [0.717, 1.165) is 6.54 Å². The zero-order chi connectivity index (χ0) is 12.0. The smallest absolute Gasteiger partial charge is 0.0426 e. The number of hydrogen-bond donors (Lipinski definition) is 1. The van der Waals surface area contributed by atoms with Gasteiger partial charge in [0.2, 0.25) is 0 Å². The van der Waals surface area contributed by atoms with Crippen molar-refractivity contribution in [2.45, 2.75) is 19.8 Å². The van der Waals surface area contributed by atoms with E-state index in [2.05, 4.69) is 56.1 Å². The Morgan fingerprint density at radius 2 is 1.94 bits per heavy atom. The van der Waals surface area contributed by atoms with Gasteiger partial charge in [0.1, 0.15) is 0 Å². The average Bonchev–Trinajstić information content (AvgIpc) is 2.67. The third-order valence-corrected chi connectivity index (χ3v) is 3.54. The maximum absolute atomic E-state index is 4.10. The summed E-state index contributed by atoms with van der Waals surface area (Å²) in [6.07, 6.45) is 0. The second-order valence-electron chi connectivity index (χ2n) is 5.12. The molecule has 0 spiro atoms. The quantitative estimate of drug-likeness (QED) is 0.755. The minimum Gasteiger partial charge on any atom is -0.380 e. The van der Waals surface area contributed by atoms with E-state index in [1.165, 1.54) is 33.2 Å². The highest BCUT2D eigenvalue weighted by Gasteiger charge is 2.14. The lowest BCUT2D eigenvalue weighted by atomic mass is 9.97. The standard InChI is InChI=1S/C16H17N/c1-10(2)12-4-5-13-8-16-15(7-14(13)6-12)11(3)9-17-16/h4-8,10,17H,3,9H2,1-2H3. The van der Waals surface area contributed by atoms with E-state index in [1.54, 1.807) is 0 Å². The first-order valence-corrected chi connectivity index (χ1v) is 6.15. The third-order valence-electron chi connectivity index (χ3n) is 3.54. The summed E-state index contributed by atoms with van der Waals surface area (Å²) in [5.41, 5.74) is 5.09. The van der Waals surface area contributed by atoms with Crippen molar-refractivity contribution in [1.29, 1.82) is 0 Å². The van der Waals surface area contributed by atoms with Crippen LogP contribution in [-0.4, -0.2) is 6.54 Å². The van der Waals surface area contributed by atoms with Crippen molar-refractivity contribution in [3.05, 3.63) is 48.0 Å². The van der Waals surface area contributed by atoms with Gasteiger partial charge in [-0.25, -0.2) is 0 Å². The van der Waals surface area contributed by atoms with E-state index in [0.29, 0.717) is 5.92 Å². The topological polar surface area (TPSA) is 12.0 Å². The van der Waals surface area contributed by atoms with Crippen LogP contribution in [0.3, 0.4) is 0 Å². The molecular weight excluding hydrogens is 206 g/mol.